The lowest BCUT2D eigenvalue weighted by Gasteiger charge is -2.09. The number of rotatable bonds is 4. The van der Waals surface area contributed by atoms with Gasteiger partial charge in [0, 0.05) is 11.8 Å². The average molecular weight is 261 g/mol. The molecule has 0 fully saturated rings. The number of nitrogens with zero attached hydrogens (tertiary/aromatic N) is 1. The number of halogens is 1. The molecule has 0 aliphatic rings. The van der Waals surface area contributed by atoms with E-state index in [4.69, 9.17) is 9.84 Å². The van der Waals surface area contributed by atoms with Gasteiger partial charge in [0.2, 0.25) is 0 Å². The Kier molecular flexibility index (Phi) is 3.75. The van der Waals surface area contributed by atoms with Crippen LogP contribution < -0.4 is 4.74 Å². The summed E-state index contributed by atoms with van der Waals surface area (Å²) in [6, 6.07) is 8.74. The smallest absolute Gasteiger partial charge is 0.339 e. The first-order chi connectivity index (χ1) is 9.06. The third-order valence-electron chi connectivity index (χ3n) is 2.50. The lowest BCUT2D eigenvalue weighted by Crippen LogP contribution is -2.05. The first kappa shape index (κ1) is 13.0. The number of aromatic carboxylic acids is 1. The average Bonchev–Trinajstić information content (AvgIpc) is 2.36. The van der Waals surface area contributed by atoms with E-state index in [1.165, 1.54) is 6.07 Å². The maximum absolute atomic E-state index is 13.1. The van der Waals surface area contributed by atoms with E-state index in [0.717, 1.165) is 17.8 Å². The molecule has 0 spiro atoms. The van der Waals surface area contributed by atoms with E-state index in [1.807, 2.05) is 19.1 Å². The topological polar surface area (TPSA) is 59.4 Å². The summed E-state index contributed by atoms with van der Waals surface area (Å²) in [6.45, 7) is 1.93. The third-order valence-corrected chi connectivity index (χ3v) is 2.50. The van der Waals surface area contributed by atoms with Gasteiger partial charge in [0.25, 0.3) is 0 Å². The number of benzene rings is 1. The number of carboxylic acids is 1. The number of carbonyl (C=O) groups is 1. The predicted octanol–water partition coefficient (Wildman–Crippen LogP) is 2.81. The first-order valence-electron chi connectivity index (χ1n) is 5.64. The minimum Gasteiger partial charge on any atom is -0.486 e. The van der Waals surface area contributed by atoms with Gasteiger partial charge in [0.15, 0.2) is 0 Å². The molecule has 0 amide bonds. The summed E-state index contributed by atoms with van der Waals surface area (Å²) in [5, 5.41) is 8.98. The molecule has 4 nitrogen and oxygen atoms in total. The molecular formula is C14H12FNO3. The SMILES string of the molecule is Cc1cccc(COc2cc(F)ccc2C(=O)O)n1. The fraction of sp³-hybridized carbons (Fsp3) is 0.143. The summed E-state index contributed by atoms with van der Waals surface area (Å²) in [5.74, 6) is -1.71. The molecule has 5 heteroatoms. The minimum absolute atomic E-state index is 0.00388. The van der Waals surface area contributed by atoms with E-state index >= 15 is 0 Å². The van der Waals surface area contributed by atoms with Crippen LogP contribution in [0.5, 0.6) is 5.75 Å². The summed E-state index contributed by atoms with van der Waals surface area (Å²) in [7, 11) is 0. The van der Waals surface area contributed by atoms with Crippen LogP contribution >= 0.6 is 0 Å². The van der Waals surface area contributed by atoms with Crippen LogP contribution in [0.3, 0.4) is 0 Å². The fourth-order valence-corrected chi connectivity index (χ4v) is 1.62. The van der Waals surface area contributed by atoms with Gasteiger partial charge in [-0.1, -0.05) is 6.07 Å². The van der Waals surface area contributed by atoms with Gasteiger partial charge in [-0.2, -0.15) is 0 Å². The molecule has 98 valence electrons. The van der Waals surface area contributed by atoms with Crippen molar-refractivity contribution in [2.24, 2.45) is 0 Å². The molecule has 1 heterocycles. The Morgan fingerprint density at radius 2 is 2.16 bits per heavy atom. The molecule has 1 aromatic heterocycles. The highest BCUT2D eigenvalue weighted by molar-refractivity contribution is 5.90. The zero-order chi connectivity index (χ0) is 13.8. The van der Waals surface area contributed by atoms with Crippen molar-refractivity contribution in [2.75, 3.05) is 0 Å². The van der Waals surface area contributed by atoms with Crippen molar-refractivity contribution in [2.45, 2.75) is 13.5 Å². The molecule has 0 aliphatic heterocycles. The van der Waals surface area contributed by atoms with Crippen molar-refractivity contribution < 1.29 is 19.0 Å². The summed E-state index contributed by atoms with van der Waals surface area (Å²) in [5.41, 5.74) is 1.41. The highest BCUT2D eigenvalue weighted by Crippen LogP contribution is 2.21. The Morgan fingerprint density at radius 1 is 1.37 bits per heavy atom. The van der Waals surface area contributed by atoms with Gasteiger partial charge in [-0.15, -0.1) is 0 Å². The standard InChI is InChI=1S/C14H12FNO3/c1-9-3-2-4-11(16-9)8-19-13-7-10(15)5-6-12(13)14(17)18/h2-7H,8H2,1H3,(H,17,18). The third kappa shape index (κ3) is 3.28. The zero-order valence-electron chi connectivity index (χ0n) is 10.3. The predicted molar refractivity (Wildman–Crippen MR) is 66.7 cm³/mol. The lowest BCUT2D eigenvalue weighted by atomic mass is 10.2. The van der Waals surface area contributed by atoms with Gasteiger partial charge < -0.3 is 9.84 Å². The first-order valence-corrected chi connectivity index (χ1v) is 5.64. The van der Waals surface area contributed by atoms with Crippen LogP contribution in [0.15, 0.2) is 36.4 Å². The van der Waals surface area contributed by atoms with E-state index in [1.54, 1.807) is 6.07 Å². The van der Waals surface area contributed by atoms with Crippen molar-refractivity contribution in [3.8, 4) is 5.75 Å². The Bertz CT molecular complexity index is 613. The normalized spacial score (nSPS) is 10.2. The van der Waals surface area contributed by atoms with Gasteiger partial charge in [0.1, 0.15) is 23.7 Å². The fourth-order valence-electron chi connectivity index (χ4n) is 1.62. The van der Waals surface area contributed by atoms with Crippen molar-refractivity contribution >= 4 is 5.97 Å². The summed E-state index contributed by atoms with van der Waals surface area (Å²) in [6.07, 6.45) is 0. The Morgan fingerprint density at radius 3 is 2.84 bits per heavy atom. The van der Waals surface area contributed by atoms with E-state index in [-0.39, 0.29) is 17.9 Å². The van der Waals surface area contributed by atoms with Crippen LogP contribution in [0.1, 0.15) is 21.7 Å². The Labute approximate surface area is 109 Å². The molecule has 0 radical (unpaired) electrons. The lowest BCUT2D eigenvalue weighted by molar-refractivity contribution is 0.0691. The summed E-state index contributed by atoms with van der Waals surface area (Å²) in [4.78, 5) is 15.2. The second-order valence-corrected chi connectivity index (χ2v) is 4.00. The molecule has 0 saturated heterocycles. The molecule has 0 aliphatic carbocycles. The number of pyridine rings is 1. The second kappa shape index (κ2) is 5.48. The molecule has 19 heavy (non-hydrogen) atoms. The van der Waals surface area contributed by atoms with Crippen LogP contribution in [0, 0.1) is 12.7 Å². The molecular weight excluding hydrogens is 249 g/mol. The maximum atomic E-state index is 13.1. The number of carboxylic acid groups (broad SMARTS) is 1. The van der Waals surface area contributed by atoms with Crippen LogP contribution in [-0.2, 0) is 6.61 Å². The molecule has 0 bridgehead atoms. The highest BCUT2D eigenvalue weighted by Gasteiger charge is 2.12. The van der Waals surface area contributed by atoms with Gasteiger partial charge in [-0.25, -0.2) is 9.18 Å². The number of aromatic nitrogens is 1. The zero-order valence-corrected chi connectivity index (χ0v) is 10.3. The Hall–Kier alpha value is -2.43. The molecule has 1 N–H and O–H groups in total. The number of aryl methyl sites for hydroxylation is 1. The largest absolute Gasteiger partial charge is 0.486 e. The van der Waals surface area contributed by atoms with E-state index < -0.39 is 11.8 Å². The molecule has 0 atom stereocenters. The van der Waals surface area contributed by atoms with Crippen molar-refractivity contribution in [1.82, 2.24) is 4.98 Å². The van der Waals surface area contributed by atoms with Crippen LogP contribution in [-0.4, -0.2) is 16.1 Å². The number of hydrogen-bond donors (Lipinski definition) is 1. The number of hydrogen-bond acceptors (Lipinski definition) is 3. The molecule has 2 rings (SSSR count). The Balaban J connectivity index is 2.19. The maximum Gasteiger partial charge on any atom is 0.339 e. The minimum atomic E-state index is -1.16. The van der Waals surface area contributed by atoms with Crippen LogP contribution in [0.4, 0.5) is 4.39 Å². The molecule has 1 aromatic carbocycles. The summed E-state index contributed by atoms with van der Waals surface area (Å²) >= 11 is 0. The van der Waals surface area contributed by atoms with Crippen LogP contribution in [0.25, 0.3) is 0 Å². The monoisotopic (exact) mass is 261 g/mol. The quantitative estimate of drug-likeness (QED) is 0.919. The van der Waals surface area contributed by atoms with E-state index in [2.05, 4.69) is 4.98 Å². The van der Waals surface area contributed by atoms with Gasteiger partial charge in [0.05, 0.1) is 5.69 Å². The van der Waals surface area contributed by atoms with Crippen molar-refractivity contribution in [3.05, 3.63) is 59.2 Å². The molecule has 0 unspecified atom stereocenters. The van der Waals surface area contributed by atoms with Gasteiger partial charge in [-0.3, -0.25) is 4.98 Å². The van der Waals surface area contributed by atoms with Crippen molar-refractivity contribution in [3.63, 3.8) is 0 Å². The highest BCUT2D eigenvalue weighted by atomic mass is 19.1. The summed E-state index contributed by atoms with van der Waals surface area (Å²) < 4.78 is 18.4. The van der Waals surface area contributed by atoms with E-state index in [0.29, 0.717) is 5.69 Å². The number of ether oxygens (including phenoxy) is 1. The van der Waals surface area contributed by atoms with Crippen molar-refractivity contribution in [1.29, 1.82) is 0 Å². The van der Waals surface area contributed by atoms with Gasteiger partial charge in [-0.05, 0) is 31.2 Å². The molecule has 2 aromatic rings. The van der Waals surface area contributed by atoms with Gasteiger partial charge >= 0.3 is 5.97 Å². The second-order valence-electron chi connectivity index (χ2n) is 4.00. The van der Waals surface area contributed by atoms with Crippen LogP contribution in [0.2, 0.25) is 0 Å². The molecule has 0 saturated carbocycles. The van der Waals surface area contributed by atoms with E-state index in [9.17, 15) is 9.18 Å².